The summed E-state index contributed by atoms with van der Waals surface area (Å²) in [6.07, 6.45) is -4.46. The summed E-state index contributed by atoms with van der Waals surface area (Å²) in [7, 11) is 0. The first-order valence-electron chi connectivity index (χ1n) is 6.18. The molecule has 8 heteroatoms. The van der Waals surface area contributed by atoms with E-state index in [0.717, 1.165) is 0 Å². The quantitative estimate of drug-likeness (QED) is 0.803. The number of aliphatic hydroxyl groups excluding tert-OH is 1. The fourth-order valence-corrected chi connectivity index (χ4v) is 1.43. The molecule has 0 aliphatic rings. The van der Waals surface area contributed by atoms with Crippen molar-refractivity contribution in [2.45, 2.75) is 19.7 Å². The van der Waals surface area contributed by atoms with E-state index in [4.69, 9.17) is 14.6 Å². The molecular weight excluding hydrogens is 291 g/mol. The fraction of sp³-hybridized carbons (Fsp3) is 0.462. The van der Waals surface area contributed by atoms with E-state index in [-0.39, 0.29) is 12.4 Å². The lowest BCUT2D eigenvalue weighted by Crippen LogP contribution is -2.36. The Morgan fingerprint density at radius 1 is 1.29 bits per heavy atom. The first-order chi connectivity index (χ1) is 9.85. The summed E-state index contributed by atoms with van der Waals surface area (Å²) in [5, 5.41) is 10.7. The number of hydrogen-bond acceptors (Lipinski definition) is 4. The summed E-state index contributed by atoms with van der Waals surface area (Å²) in [6, 6.07) is 4.57. The summed E-state index contributed by atoms with van der Waals surface area (Å²) < 4.78 is 46.2. The highest BCUT2D eigenvalue weighted by atomic mass is 19.4. The molecule has 0 bridgehead atoms. The van der Waals surface area contributed by atoms with Gasteiger partial charge in [-0.15, -0.1) is 0 Å². The standard InChI is InChI=1S/C13H16F3NO4/c1-2-20-11-5-9(6-18)3-4-10(11)21-7-12(19)17-8-13(14,15)16/h3-5,18H,2,6-8H2,1H3,(H,17,19). The predicted octanol–water partition coefficient (Wildman–Crippen LogP) is 1.63. The van der Waals surface area contributed by atoms with E-state index in [0.29, 0.717) is 17.9 Å². The van der Waals surface area contributed by atoms with Gasteiger partial charge in [-0.2, -0.15) is 13.2 Å². The smallest absolute Gasteiger partial charge is 0.405 e. The number of aliphatic hydroxyl groups is 1. The SMILES string of the molecule is CCOc1cc(CO)ccc1OCC(=O)NCC(F)(F)F. The third-order valence-corrected chi connectivity index (χ3v) is 2.34. The molecule has 0 aliphatic carbocycles. The lowest BCUT2D eigenvalue weighted by Gasteiger charge is -2.13. The monoisotopic (exact) mass is 307 g/mol. The van der Waals surface area contributed by atoms with Gasteiger partial charge in [0.05, 0.1) is 13.2 Å². The van der Waals surface area contributed by atoms with Crippen LogP contribution in [0.3, 0.4) is 0 Å². The van der Waals surface area contributed by atoms with Gasteiger partial charge >= 0.3 is 6.18 Å². The van der Waals surface area contributed by atoms with Crippen molar-refractivity contribution in [3.05, 3.63) is 23.8 Å². The number of rotatable bonds is 7. The van der Waals surface area contributed by atoms with E-state index < -0.39 is 25.2 Å². The van der Waals surface area contributed by atoms with E-state index >= 15 is 0 Å². The highest BCUT2D eigenvalue weighted by Crippen LogP contribution is 2.28. The predicted molar refractivity (Wildman–Crippen MR) is 68.1 cm³/mol. The third-order valence-electron chi connectivity index (χ3n) is 2.34. The van der Waals surface area contributed by atoms with Crippen LogP contribution in [0.25, 0.3) is 0 Å². The highest BCUT2D eigenvalue weighted by molar-refractivity contribution is 5.77. The van der Waals surface area contributed by atoms with Gasteiger partial charge in [0.2, 0.25) is 0 Å². The van der Waals surface area contributed by atoms with Crippen LogP contribution in [-0.4, -0.2) is 36.9 Å². The van der Waals surface area contributed by atoms with E-state index in [1.54, 1.807) is 18.3 Å². The third kappa shape index (κ3) is 6.35. The van der Waals surface area contributed by atoms with Crippen molar-refractivity contribution < 1.29 is 32.5 Å². The number of carbonyl (C=O) groups excluding carboxylic acids is 1. The topological polar surface area (TPSA) is 67.8 Å². The van der Waals surface area contributed by atoms with Gasteiger partial charge in [0.1, 0.15) is 6.54 Å². The van der Waals surface area contributed by atoms with Crippen molar-refractivity contribution >= 4 is 5.91 Å². The minimum atomic E-state index is -4.46. The zero-order chi connectivity index (χ0) is 15.9. The molecule has 0 unspecified atom stereocenters. The molecule has 0 saturated heterocycles. The molecule has 0 atom stereocenters. The molecule has 1 amide bonds. The van der Waals surface area contributed by atoms with Crippen LogP contribution in [0.5, 0.6) is 11.5 Å². The summed E-state index contributed by atoms with van der Waals surface area (Å²) in [5.74, 6) is -0.357. The molecule has 1 rings (SSSR count). The molecule has 0 spiro atoms. The molecule has 0 aromatic heterocycles. The normalized spacial score (nSPS) is 11.1. The van der Waals surface area contributed by atoms with Gasteiger partial charge in [-0.1, -0.05) is 6.07 Å². The Morgan fingerprint density at radius 3 is 2.57 bits per heavy atom. The first-order valence-corrected chi connectivity index (χ1v) is 6.18. The molecule has 0 aliphatic heterocycles. The Hall–Kier alpha value is -1.96. The molecule has 0 radical (unpaired) electrons. The Kier molecular flexibility index (Phi) is 6.29. The largest absolute Gasteiger partial charge is 0.490 e. The summed E-state index contributed by atoms with van der Waals surface area (Å²) in [5.41, 5.74) is 0.590. The Bertz CT molecular complexity index is 477. The molecule has 118 valence electrons. The minimum Gasteiger partial charge on any atom is -0.490 e. The van der Waals surface area contributed by atoms with Crippen molar-refractivity contribution in [1.82, 2.24) is 5.32 Å². The van der Waals surface area contributed by atoms with E-state index in [9.17, 15) is 18.0 Å². The van der Waals surface area contributed by atoms with Crippen molar-refractivity contribution in [2.75, 3.05) is 19.8 Å². The van der Waals surface area contributed by atoms with E-state index in [2.05, 4.69) is 0 Å². The van der Waals surface area contributed by atoms with Gasteiger partial charge in [-0.25, -0.2) is 0 Å². The lowest BCUT2D eigenvalue weighted by molar-refractivity contribution is -0.139. The molecule has 1 aromatic rings. The maximum atomic E-state index is 11.9. The van der Waals surface area contributed by atoms with Gasteiger partial charge in [-0.3, -0.25) is 4.79 Å². The van der Waals surface area contributed by atoms with Crippen LogP contribution in [0.4, 0.5) is 13.2 Å². The number of halogens is 3. The molecule has 21 heavy (non-hydrogen) atoms. The second-order valence-electron chi connectivity index (χ2n) is 4.05. The Labute approximate surface area is 119 Å². The molecule has 1 aromatic carbocycles. The average Bonchev–Trinajstić information content (AvgIpc) is 2.43. The fourth-order valence-electron chi connectivity index (χ4n) is 1.43. The molecule has 2 N–H and O–H groups in total. The molecule has 0 heterocycles. The van der Waals surface area contributed by atoms with Gasteiger partial charge in [0.25, 0.3) is 5.91 Å². The van der Waals surface area contributed by atoms with Gasteiger partial charge < -0.3 is 19.9 Å². The molecule has 5 nitrogen and oxygen atoms in total. The summed E-state index contributed by atoms with van der Waals surface area (Å²) >= 11 is 0. The van der Waals surface area contributed by atoms with Crippen molar-refractivity contribution in [2.24, 2.45) is 0 Å². The van der Waals surface area contributed by atoms with Crippen molar-refractivity contribution in [3.63, 3.8) is 0 Å². The van der Waals surface area contributed by atoms with Crippen molar-refractivity contribution in [1.29, 1.82) is 0 Å². The van der Waals surface area contributed by atoms with E-state index in [1.165, 1.54) is 12.1 Å². The van der Waals surface area contributed by atoms with Crippen LogP contribution < -0.4 is 14.8 Å². The average molecular weight is 307 g/mol. The Balaban J connectivity index is 2.60. The molecular formula is C13H16F3NO4. The number of carbonyl (C=O) groups is 1. The summed E-state index contributed by atoms with van der Waals surface area (Å²) in [4.78, 5) is 11.2. The zero-order valence-electron chi connectivity index (χ0n) is 11.4. The number of benzene rings is 1. The van der Waals surface area contributed by atoms with Crippen LogP contribution in [-0.2, 0) is 11.4 Å². The second kappa shape index (κ2) is 7.72. The zero-order valence-corrected chi connectivity index (χ0v) is 11.4. The molecule has 0 fully saturated rings. The first kappa shape index (κ1) is 17.1. The maximum absolute atomic E-state index is 11.9. The maximum Gasteiger partial charge on any atom is 0.405 e. The van der Waals surface area contributed by atoms with Gasteiger partial charge in [0.15, 0.2) is 18.1 Å². The van der Waals surface area contributed by atoms with E-state index in [1.807, 2.05) is 0 Å². The number of alkyl halides is 3. The minimum absolute atomic E-state index is 0.188. The summed E-state index contributed by atoms with van der Waals surface area (Å²) in [6.45, 7) is -0.0744. The van der Waals surface area contributed by atoms with Gasteiger partial charge in [0, 0.05) is 0 Å². The number of hydrogen-bond donors (Lipinski definition) is 2. The Morgan fingerprint density at radius 2 is 2.00 bits per heavy atom. The van der Waals surface area contributed by atoms with Crippen LogP contribution >= 0.6 is 0 Å². The van der Waals surface area contributed by atoms with Crippen LogP contribution in [0.2, 0.25) is 0 Å². The number of ether oxygens (including phenoxy) is 2. The van der Waals surface area contributed by atoms with Crippen molar-refractivity contribution in [3.8, 4) is 11.5 Å². The second-order valence-corrected chi connectivity index (χ2v) is 4.05. The van der Waals surface area contributed by atoms with Gasteiger partial charge in [-0.05, 0) is 24.6 Å². The number of nitrogens with one attached hydrogen (secondary N) is 1. The van der Waals surface area contributed by atoms with Crippen LogP contribution in [0.15, 0.2) is 18.2 Å². The highest BCUT2D eigenvalue weighted by Gasteiger charge is 2.27. The van der Waals surface area contributed by atoms with Crippen LogP contribution in [0.1, 0.15) is 12.5 Å². The lowest BCUT2D eigenvalue weighted by atomic mass is 10.2. The van der Waals surface area contributed by atoms with Crippen LogP contribution in [0, 0.1) is 0 Å². The number of amides is 1. The molecule has 0 saturated carbocycles.